The smallest absolute Gasteiger partial charge is 0.184 e. The van der Waals surface area contributed by atoms with Gasteiger partial charge in [-0.25, -0.2) is 0 Å². The van der Waals surface area contributed by atoms with Gasteiger partial charge in [-0.05, 0) is 5.53 Å². The zero-order valence-electron chi connectivity index (χ0n) is 12.0. The van der Waals surface area contributed by atoms with Gasteiger partial charge in [0, 0.05) is 17.6 Å². The molecule has 1 N–H and O–H groups in total. The Hall–Kier alpha value is -1.67. The molecule has 8 heteroatoms. The van der Waals surface area contributed by atoms with Crippen LogP contribution in [-0.2, 0) is 18.9 Å². The molecule has 8 nitrogen and oxygen atoms in total. The average Bonchev–Trinajstić information content (AvgIpc) is 2.57. The third kappa shape index (κ3) is 2.80. The number of fused-ring (bicyclic) bond motifs is 1. The minimum Gasteiger partial charge on any atom is -0.387 e. The number of rotatable bonds is 3. The van der Waals surface area contributed by atoms with Crippen molar-refractivity contribution in [2.45, 2.75) is 36.9 Å². The predicted octanol–water partition coefficient (Wildman–Crippen LogP) is 1.51. The van der Waals surface area contributed by atoms with Crippen LogP contribution in [0.25, 0.3) is 10.4 Å². The van der Waals surface area contributed by atoms with Crippen molar-refractivity contribution in [3.63, 3.8) is 0 Å². The summed E-state index contributed by atoms with van der Waals surface area (Å²) in [6, 6.07) is 8.62. The summed E-state index contributed by atoms with van der Waals surface area (Å²) in [6.45, 7) is 0.258. The van der Waals surface area contributed by atoms with Crippen LogP contribution >= 0.6 is 0 Å². The molecule has 0 aliphatic carbocycles. The van der Waals surface area contributed by atoms with Crippen molar-refractivity contribution >= 4 is 0 Å². The van der Waals surface area contributed by atoms with Gasteiger partial charge in [-0.15, -0.1) is 0 Å². The van der Waals surface area contributed by atoms with Crippen LogP contribution in [0.4, 0.5) is 0 Å². The first-order valence-electron chi connectivity index (χ1n) is 6.97. The molecular formula is C14H17N3O5. The van der Waals surface area contributed by atoms with Crippen LogP contribution in [0.5, 0.6) is 0 Å². The fraction of sp³-hybridized carbons (Fsp3) is 0.571. The van der Waals surface area contributed by atoms with Gasteiger partial charge in [0.05, 0.1) is 12.6 Å². The van der Waals surface area contributed by atoms with E-state index in [4.69, 9.17) is 24.5 Å². The summed E-state index contributed by atoms with van der Waals surface area (Å²) < 4.78 is 22.2. The summed E-state index contributed by atoms with van der Waals surface area (Å²) in [5.74, 6) is 0. The van der Waals surface area contributed by atoms with Crippen LogP contribution in [0.2, 0.25) is 0 Å². The molecule has 6 atom stereocenters. The maximum absolute atomic E-state index is 10.2. The Morgan fingerprint density at radius 2 is 2.09 bits per heavy atom. The maximum atomic E-state index is 10.2. The van der Waals surface area contributed by atoms with Crippen molar-refractivity contribution in [2.24, 2.45) is 5.11 Å². The second-order valence-electron chi connectivity index (χ2n) is 5.14. The summed E-state index contributed by atoms with van der Waals surface area (Å²) >= 11 is 0. The van der Waals surface area contributed by atoms with Gasteiger partial charge < -0.3 is 24.1 Å². The first kappa shape index (κ1) is 15.2. The SMILES string of the molecule is CO[C@H]1O[C@@H]2COC(c3ccccc3)O[C@H]2[C@H](N=[N+]=[N-])[C@H]1O. The molecule has 118 valence electrons. The van der Waals surface area contributed by atoms with Crippen LogP contribution in [-0.4, -0.2) is 49.5 Å². The van der Waals surface area contributed by atoms with E-state index in [2.05, 4.69) is 10.0 Å². The van der Waals surface area contributed by atoms with E-state index in [-0.39, 0.29) is 6.61 Å². The summed E-state index contributed by atoms with van der Waals surface area (Å²) in [5.41, 5.74) is 9.60. The molecule has 2 aliphatic heterocycles. The number of ether oxygens (including phenoxy) is 4. The molecule has 0 radical (unpaired) electrons. The minimum absolute atomic E-state index is 0.258. The second kappa shape index (κ2) is 6.62. The van der Waals surface area contributed by atoms with Crippen LogP contribution in [0.3, 0.4) is 0 Å². The van der Waals surface area contributed by atoms with Crippen molar-refractivity contribution in [3.8, 4) is 0 Å². The maximum Gasteiger partial charge on any atom is 0.184 e. The third-order valence-electron chi connectivity index (χ3n) is 3.82. The highest BCUT2D eigenvalue weighted by atomic mass is 16.7. The third-order valence-corrected chi connectivity index (χ3v) is 3.82. The molecule has 1 unspecified atom stereocenters. The van der Waals surface area contributed by atoms with Gasteiger partial charge in [0.2, 0.25) is 0 Å². The highest BCUT2D eigenvalue weighted by Crippen LogP contribution is 2.35. The topological polar surface area (TPSA) is 106 Å². The van der Waals surface area contributed by atoms with Gasteiger partial charge >= 0.3 is 0 Å². The predicted molar refractivity (Wildman–Crippen MR) is 74.6 cm³/mol. The van der Waals surface area contributed by atoms with E-state index in [0.29, 0.717) is 0 Å². The summed E-state index contributed by atoms with van der Waals surface area (Å²) in [6.07, 6.45) is -3.64. The Bertz CT molecular complexity index is 551. The standard InChI is InChI=1S/C14H17N3O5/c1-19-14-11(18)10(16-17-15)12-9(21-14)7-20-13(22-12)8-5-3-2-4-6-8/h2-6,9-14,18H,7H2,1H3/t9-,10-,11-,12-,13?,14+/m1/s1. The number of aliphatic hydroxyl groups excluding tert-OH is 1. The Balaban J connectivity index is 1.82. The van der Waals surface area contributed by atoms with Crippen molar-refractivity contribution in [1.82, 2.24) is 0 Å². The van der Waals surface area contributed by atoms with Crippen molar-refractivity contribution in [1.29, 1.82) is 0 Å². The molecule has 0 aromatic heterocycles. The normalized spacial score (nSPS) is 37.9. The Labute approximate surface area is 127 Å². The van der Waals surface area contributed by atoms with E-state index in [0.717, 1.165) is 5.56 Å². The zero-order valence-corrected chi connectivity index (χ0v) is 12.0. The zero-order chi connectivity index (χ0) is 15.5. The highest BCUT2D eigenvalue weighted by molar-refractivity contribution is 5.16. The second-order valence-corrected chi connectivity index (χ2v) is 5.14. The lowest BCUT2D eigenvalue weighted by molar-refractivity contribution is -0.337. The largest absolute Gasteiger partial charge is 0.387 e. The number of benzene rings is 1. The van der Waals surface area contributed by atoms with Crippen molar-refractivity contribution in [2.75, 3.05) is 13.7 Å². The molecule has 0 spiro atoms. The number of hydrogen-bond acceptors (Lipinski definition) is 6. The Kier molecular flexibility index (Phi) is 4.58. The average molecular weight is 307 g/mol. The molecular weight excluding hydrogens is 290 g/mol. The van der Waals surface area contributed by atoms with E-state index in [1.807, 2.05) is 30.3 Å². The van der Waals surface area contributed by atoms with Gasteiger partial charge in [-0.1, -0.05) is 35.4 Å². The van der Waals surface area contributed by atoms with Crippen LogP contribution < -0.4 is 0 Å². The van der Waals surface area contributed by atoms with Crippen molar-refractivity contribution in [3.05, 3.63) is 46.3 Å². The van der Waals surface area contributed by atoms with E-state index in [1.165, 1.54) is 7.11 Å². The van der Waals surface area contributed by atoms with Gasteiger partial charge in [0.25, 0.3) is 0 Å². The molecule has 2 heterocycles. The van der Waals surface area contributed by atoms with Crippen LogP contribution in [0, 0.1) is 0 Å². The quantitative estimate of drug-likeness (QED) is 0.517. The molecule has 22 heavy (non-hydrogen) atoms. The number of hydrogen-bond donors (Lipinski definition) is 1. The molecule has 3 rings (SSSR count). The number of aliphatic hydroxyl groups is 1. The number of methoxy groups -OCH3 is 1. The van der Waals surface area contributed by atoms with Gasteiger partial charge in [0.15, 0.2) is 12.6 Å². The Morgan fingerprint density at radius 3 is 2.77 bits per heavy atom. The lowest BCUT2D eigenvalue weighted by Gasteiger charge is -2.46. The first-order valence-corrected chi connectivity index (χ1v) is 6.97. The molecule has 0 saturated carbocycles. The fourth-order valence-corrected chi connectivity index (χ4v) is 2.75. The van der Waals surface area contributed by atoms with Crippen molar-refractivity contribution < 1.29 is 24.1 Å². The highest BCUT2D eigenvalue weighted by Gasteiger charge is 2.49. The number of azide groups is 1. The van der Waals surface area contributed by atoms with E-state index >= 15 is 0 Å². The molecule has 2 aliphatic rings. The van der Waals surface area contributed by atoms with Gasteiger partial charge in [-0.2, -0.15) is 0 Å². The van der Waals surface area contributed by atoms with Gasteiger partial charge in [-0.3, -0.25) is 0 Å². The molecule has 1 aromatic rings. The lowest BCUT2D eigenvalue weighted by Crippen LogP contribution is -2.61. The van der Waals surface area contributed by atoms with Crippen LogP contribution in [0.15, 0.2) is 35.4 Å². The van der Waals surface area contributed by atoms with E-state index in [1.54, 1.807) is 0 Å². The summed E-state index contributed by atoms with van der Waals surface area (Å²) in [5, 5.41) is 13.9. The van der Waals surface area contributed by atoms with E-state index < -0.39 is 36.9 Å². The summed E-state index contributed by atoms with van der Waals surface area (Å²) in [7, 11) is 1.42. The first-order chi connectivity index (χ1) is 10.7. The minimum atomic E-state index is -1.10. The fourth-order valence-electron chi connectivity index (χ4n) is 2.75. The summed E-state index contributed by atoms with van der Waals surface area (Å²) in [4.78, 5) is 2.80. The Morgan fingerprint density at radius 1 is 1.32 bits per heavy atom. The lowest BCUT2D eigenvalue weighted by atomic mass is 9.96. The van der Waals surface area contributed by atoms with Gasteiger partial charge in [0.1, 0.15) is 18.3 Å². The number of nitrogens with zero attached hydrogens (tertiary/aromatic N) is 3. The molecule has 0 bridgehead atoms. The monoisotopic (exact) mass is 307 g/mol. The van der Waals surface area contributed by atoms with Crippen LogP contribution in [0.1, 0.15) is 11.9 Å². The van der Waals surface area contributed by atoms with E-state index in [9.17, 15) is 5.11 Å². The molecule has 0 amide bonds. The molecule has 1 aromatic carbocycles. The molecule has 2 saturated heterocycles. The molecule has 2 fully saturated rings.